The lowest BCUT2D eigenvalue weighted by Crippen LogP contribution is -2.35. The van der Waals surface area contributed by atoms with Crippen molar-refractivity contribution in [3.05, 3.63) is 24.0 Å². The Bertz CT molecular complexity index is 371. The van der Waals surface area contributed by atoms with Crippen molar-refractivity contribution in [3.8, 4) is 0 Å². The van der Waals surface area contributed by atoms with Gasteiger partial charge in [0, 0.05) is 17.9 Å². The predicted octanol–water partition coefficient (Wildman–Crippen LogP) is 2.26. The molecule has 1 aromatic rings. The number of hydrogen-bond donors (Lipinski definition) is 0. The Balaban J connectivity index is 2.03. The maximum Gasteiger partial charge on any atom is 0.255 e. The maximum atomic E-state index is 12.3. The van der Waals surface area contributed by atoms with E-state index in [2.05, 4.69) is 26.1 Å². The third-order valence-electron chi connectivity index (χ3n) is 3.14. The summed E-state index contributed by atoms with van der Waals surface area (Å²) in [5.41, 5.74) is 0.644. The van der Waals surface area contributed by atoms with Crippen molar-refractivity contribution in [2.75, 3.05) is 11.9 Å². The number of hydrogen-bond acceptors (Lipinski definition) is 3. The van der Waals surface area contributed by atoms with E-state index in [0.29, 0.717) is 11.6 Å². The highest BCUT2D eigenvalue weighted by atomic mass is 79.9. The molecule has 0 aromatic carbocycles. The normalized spacial score (nSPS) is 19.6. The first-order chi connectivity index (χ1) is 8.33. The standard InChI is InChI=1S/C12H16BrN3O/c13-6-1-3-11-4-2-8-16(11)12(17)10-5-7-14-15-9-10/h5,7,9,11H,1-4,6,8H2. The van der Waals surface area contributed by atoms with E-state index in [4.69, 9.17) is 0 Å². The van der Waals surface area contributed by atoms with Crippen LogP contribution in [0.4, 0.5) is 0 Å². The van der Waals surface area contributed by atoms with E-state index in [1.165, 1.54) is 0 Å². The molecule has 0 aliphatic carbocycles. The summed E-state index contributed by atoms with van der Waals surface area (Å²) in [6.45, 7) is 0.869. The van der Waals surface area contributed by atoms with Gasteiger partial charge >= 0.3 is 0 Å². The summed E-state index contributed by atoms with van der Waals surface area (Å²) in [6, 6.07) is 2.13. The van der Waals surface area contributed by atoms with E-state index < -0.39 is 0 Å². The third-order valence-corrected chi connectivity index (χ3v) is 3.70. The van der Waals surface area contributed by atoms with Crippen molar-refractivity contribution in [2.24, 2.45) is 0 Å². The molecule has 1 aromatic heterocycles. The van der Waals surface area contributed by atoms with E-state index in [1.54, 1.807) is 18.5 Å². The second-order valence-electron chi connectivity index (χ2n) is 4.26. The summed E-state index contributed by atoms with van der Waals surface area (Å²) in [4.78, 5) is 14.3. The number of carbonyl (C=O) groups is 1. The van der Waals surface area contributed by atoms with Gasteiger partial charge in [-0.3, -0.25) is 4.79 Å². The fourth-order valence-corrected chi connectivity index (χ4v) is 2.62. The highest BCUT2D eigenvalue weighted by Gasteiger charge is 2.28. The van der Waals surface area contributed by atoms with Crippen LogP contribution in [0.25, 0.3) is 0 Å². The molecule has 5 heteroatoms. The summed E-state index contributed by atoms with van der Waals surface area (Å²) in [5, 5.41) is 8.46. The summed E-state index contributed by atoms with van der Waals surface area (Å²) in [5.74, 6) is 0.0944. The van der Waals surface area contributed by atoms with Crippen LogP contribution in [0.2, 0.25) is 0 Å². The number of likely N-dealkylation sites (tertiary alicyclic amines) is 1. The van der Waals surface area contributed by atoms with Gasteiger partial charge in [0.25, 0.3) is 5.91 Å². The highest BCUT2D eigenvalue weighted by Crippen LogP contribution is 2.23. The predicted molar refractivity (Wildman–Crippen MR) is 69.1 cm³/mol. The zero-order valence-corrected chi connectivity index (χ0v) is 11.3. The minimum Gasteiger partial charge on any atom is -0.336 e. The minimum absolute atomic E-state index is 0.0944. The lowest BCUT2D eigenvalue weighted by atomic mass is 10.1. The van der Waals surface area contributed by atoms with Gasteiger partial charge in [-0.05, 0) is 31.7 Å². The Hall–Kier alpha value is -0.970. The molecule has 2 rings (SSSR count). The van der Waals surface area contributed by atoms with Crippen molar-refractivity contribution in [2.45, 2.75) is 31.7 Å². The van der Waals surface area contributed by atoms with Crippen LogP contribution >= 0.6 is 15.9 Å². The Labute approximate surface area is 110 Å². The summed E-state index contributed by atoms with van der Waals surface area (Å²) in [6.07, 6.45) is 7.53. The SMILES string of the molecule is O=C(c1ccnnc1)N1CCCC1CCCBr. The molecule has 2 heterocycles. The molecule has 1 atom stereocenters. The molecule has 1 amide bonds. The Morgan fingerprint density at radius 1 is 1.53 bits per heavy atom. The minimum atomic E-state index is 0.0944. The molecule has 1 aliphatic rings. The zero-order chi connectivity index (χ0) is 12.1. The first-order valence-electron chi connectivity index (χ1n) is 5.96. The fraction of sp³-hybridized carbons (Fsp3) is 0.583. The molecule has 92 valence electrons. The molecule has 1 saturated heterocycles. The van der Waals surface area contributed by atoms with E-state index in [0.717, 1.165) is 37.6 Å². The van der Waals surface area contributed by atoms with Crippen LogP contribution in [0, 0.1) is 0 Å². The van der Waals surface area contributed by atoms with Crippen LogP contribution in [0.15, 0.2) is 18.5 Å². The smallest absolute Gasteiger partial charge is 0.255 e. The largest absolute Gasteiger partial charge is 0.336 e. The lowest BCUT2D eigenvalue weighted by Gasteiger charge is -2.24. The van der Waals surface area contributed by atoms with Gasteiger partial charge in [-0.15, -0.1) is 0 Å². The van der Waals surface area contributed by atoms with E-state index in [1.807, 2.05) is 4.90 Å². The number of rotatable bonds is 4. The lowest BCUT2D eigenvalue weighted by molar-refractivity contribution is 0.0729. The fourth-order valence-electron chi connectivity index (χ4n) is 2.30. The summed E-state index contributed by atoms with van der Waals surface area (Å²) < 4.78 is 0. The number of aromatic nitrogens is 2. The molecule has 1 unspecified atom stereocenters. The number of nitrogens with zero attached hydrogens (tertiary/aromatic N) is 3. The van der Waals surface area contributed by atoms with Gasteiger partial charge in [0.05, 0.1) is 18.0 Å². The molecule has 0 N–H and O–H groups in total. The van der Waals surface area contributed by atoms with Crippen LogP contribution in [0.3, 0.4) is 0 Å². The average molecular weight is 298 g/mol. The number of amides is 1. The Morgan fingerprint density at radius 3 is 3.12 bits per heavy atom. The summed E-state index contributed by atoms with van der Waals surface area (Å²) in [7, 11) is 0. The number of carbonyl (C=O) groups excluding carboxylic acids is 1. The molecule has 17 heavy (non-hydrogen) atoms. The van der Waals surface area contributed by atoms with E-state index in [9.17, 15) is 4.79 Å². The van der Waals surface area contributed by atoms with Crippen molar-refractivity contribution >= 4 is 21.8 Å². The van der Waals surface area contributed by atoms with Gasteiger partial charge in [-0.1, -0.05) is 15.9 Å². The number of halogens is 1. The van der Waals surface area contributed by atoms with Crippen molar-refractivity contribution in [1.29, 1.82) is 0 Å². The van der Waals surface area contributed by atoms with Crippen LogP contribution in [0.5, 0.6) is 0 Å². The average Bonchev–Trinajstić information content (AvgIpc) is 2.84. The first-order valence-corrected chi connectivity index (χ1v) is 7.08. The van der Waals surface area contributed by atoms with E-state index >= 15 is 0 Å². The molecule has 0 saturated carbocycles. The molecule has 4 nitrogen and oxygen atoms in total. The third kappa shape index (κ3) is 3.03. The maximum absolute atomic E-state index is 12.3. The molecule has 1 fully saturated rings. The van der Waals surface area contributed by atoms with Crippen LogP contribution < -0.4 is 0 Å². The molecule has 0 spiro atoms. The highest BCUT2D eigenvalue weighted by molar-refractivity contribution is 9.09. The molecular formula is C12H16BrN3O. The van der Waals surface area contributed by atoms with E-state index in [-0.39, 0.29) is 5.91 Å². The molecule has 0 bridgehead atoms. The van der Waals surface area contributed by atoms with Gasteiger partial charge in [-0.2, -0.15) is 10.2 Å². The zero-order valence-electron chi connectivity index (χ0n) is 9.68. The topological polar surface area (TPSA) is 46.1 Å². The molecule has 0 radical (unpaired) electrons. The summed E-state index contributed by atoms with van der Waals surface area (Å²) >= 11 is 3.44. The quantitative estimate of drug-likeness (QED) is 0.801. The van der Waals surface area contributed by atoms with Crippen molar-refractivity contribution in [3.63, 3.8) is 0 Å². The number of alkyl halides is 1. The molecule has 1 aliphatic heterocycles. The second-order valence-corrected chi connectivity index (χ2v) is 5.05. The van der Waals surface area contributed by atoms with Crippen molar-refractivity contribution in [1.82, 2.24) is 15.1 Å². The van der Waals surface area contributed by atoms with Gasteiger partial charge < -0.3 is 4.90 Å². The second kappa shape index (κ2) is 6.10. The van der Waals surface area contributed by atoms with Gasteiger partial charge in [0.1, 0.15) is 0 Å². The van der Waals surface area contributed by atoms with Crippen molar-refractivity contribution < 1.29 is 4.79 Å². The first kappa shape index (κ1) is 12.5. The van der Waals surface area contributed by atoms with Crippen LogP contribution in [-0.2, 0) is 0 Å². The van der Waals surface area contributed by atoms with Gasteiger partial charge in [-0.25, -0.2) is 0 Å². The van der Waals surface area contributed by atoms with Crippen LogP contribution in [-0.4, -0.2) is 38.9 Å². The Kier molecular flexibility index (Phi) is 4.48. The van der Waals surface area contributed by atoms with Crippen LogP contribution in [0.1, 0.15) is 36.0 Å². The monoisotopic (exact) mass is 297 g/mol. The van der Waals surface area contributed by atoms with Gasteiger partial charge in [0.15, 0.2) is 0 Å². The molecular weight excluding hydrogens is 282 g/mol. The van der Waals surface area contributed by atoms with Gasteiger partial charge in [0.2, 0.25) is 0 Å². The Morgan fingerprint density at radius 2 is 2.41 bits per heavy atom.